The van der Waals surface area contributed by atoms with Gasteiger partial charge in [-0.25, -0.2) is 14.4 Å². The summed E-state index contributed by atoms with van der Waals surface area (Å²) in [5.74, 6) is -4.34. The second kappa shape index (κ2) is 23.4. The predicted octanol–water partition coefficient (Wildman–Crippen LogP) is 0.673. The van der Waals surface area contributed by atoms with E-state index >= 15 is 0 Å². The zero-order valence-corrected chi connectivity index (χ0v) is 24.2. The molecule has 0 aliphatic rings. The lowest BCUT2D eigenvalue weighted by Crippen LogP contribution is -2.50. The normalized spacial score (nSPS) is 15.4. The summed E-state index contributed by atoms with van der Waals surface area (Å²) in [5.41, 5.74) is 0. The largest absolute Gasteiger partial charge is 0.502 e. The average Bonchev–Trinajstić information content (AvgIpc) is 3.00. The monoisotopic (exact) mass is 608 g/mol. The van der Waals surface area contributed by atoms with E-state index in [2.05, 4.69) is 0 Å². The Morgan fingerprint density at radius 3 is 1.45 bits per heavy atom. The van der Waals surface area contributed by atoms with Crippen molar-refractivity contribution >= 4 is 17.9 Å². The van der Waals surface area contributed by atoms with Gasteiger partial charge in [0.05, 0.1) is 46.2 Å². The highest BCUT2D eigenvalue weighted by atomic mass is 16.6. The fourth-order valence-corrected chi connectivity index (χ4v) is 3.00. The van der Waals surface area contributed by atoms with E-state index in [1.54, 1.807) is 0 Å². The van der Waals surface area contributed by atoms with Crippen LogP contribution in [0.25, 0.3) is 0 Å². The van der Waals surface area contributed by atoms with E-state index in [0.717, 1.165) is 0 Å². The maximum atomic E-state index is 11.5. The van der Waals surface area contributed by atoms with Crippen LogP contribution in [-0.4, -0.2) is 126 Å². The van der Waals surface area contributed by atoms with E-state index < -0.39 is 66.2 Å². The molecule has 6 N–H and O–H groups in total. The molecule has 0 aliphatic carbocycles. The van der Waals surface area contributed by atoms with Gasteiger partial charge in [-0.2, -0.15) is 0 Å². The van der Waals surface area contributed by atoms with E-state index in [4.69, 9.17) is 28.4 Å². The minimum Gasteiger partial charge on any atom is -0.502 e. The van der Waals surface area contributed by atoms with Gasteiger partial charge in [-0.1, -0.05) is 0 Å². The molecule has 0 rings (SSSR count). The van der Waals surface area contributed by atoms with Crippen molar-refractivity contribution in [1.29, 1.82) is 0 Å². The van der Waals surface area contributed by atoms with Gasteiger partial charge in [0, 0.05) is 25.9 Å². The van der Waals surface area contributed by atoms with Gasteiger partial charge in [-0.15, -0.1) is 0 Å². The summed E-state index contributed by atoms with van der Waals surface area (Å²) in [4.78, 5) is 34.5. The van der Waals surface area contributed by atoms with Crippen LogP contribution >= 0.6 is 0 Å². The molecular weight excluding hydrogens is 564 g/mol. The Morgan fingerprint density at radius 2 is 1.05 bits per heavy atom. The Hall–Kier alpha value is -3.21. The number of allylic oxidation sites excluding steroid dienone is 3. The lowest BCUT2D eigenvalue weighted by atomic mass is 10.0. The molecule has 0 amide bonds. The smallest absolute Gasteiger partial charge is 0.373 e. The van der Waals surface area contributed by atoms with Crippen molar-refractivity contribution in [1.82, 2.24) is 0 Å². The fraction of sp³-hybridized carbons (Fsp3) is 0.667. The molecule has 4 unspecified atom stereocenters. The van der Waals surface area contributed by atoms with Crippen LogP contribution in [0, 0.1) is 0 Å². The van der Waals surface area contributed by atoms with Crippen LogP contribution < -0.4 is 0 Å². The van der Waals surface area contributed by atoms with Crippen molar-refractivity contribution in [3.05, 3.63) is 35.5 Å². The number of aliphatic hydroxyl groups is 6. The number of hydrogen-bond donors (Lipinski definition) is 6. The molecule has 242 valence electrons. The molecule has 0 aromatic rings. The van der Waals surface area contributed by atoms with Gasteiger partial charge in [-0.3, -0.25) is 0 Å². The van der Waals surface area contributed by atoms with E-state index in [-0.39, 0.29) is 65.5 Å². The number of carbonyl (C=O) groups excluding carboxylic acids is 3. The van der Waals surface area contributed by atoms with E-state index in [1.165, 1.54) is 39.0 Å². The number of hydrogen-bond acceptors (Lipinski definition) is 15. The molecular formula is C27H44O15. The Bertz CT molecular complexity index is 883. The SMILES string of the molecule is CC=C(O)C(=O)OCCCOCC(OCCCOC(=O)C(O)=CC)C(O)C(OCCCOC(=O)C(O)=CC)C(O)CO. The van der Waals surface area contributed by atoms with Gasteiger partial charge >= 0.3 is 17.9 Å². The highest BCUT2D eigenvalue weighted by molar-refractivity contribution is 5.86. The third-order valence-electron chi connectivity index (χ3n) is 5.37. The molecule has 0 aliphatic heterocycles. The van der Waals surface area contributed by atoms with Crippen LogP contribution in [0.1, 0.15) is 40.0 Å². The molecule has 0 aromatic carbocycles. The molecule has 0 saturated heterocycles. The number of esters is 3. The summed E-state index contributed by atoms with van der Waals surface area (Å²) in [6, 6.07) is 0. The minimum atomic E-state index is -1.53. The van der Waals surface area contributed by atoms with Crippen LogP contribution in [0.15, 0.2) is 35.5 Å². The Balaban J connectivity index is 5.08. The Labute approximate surface area is 244 Å². The van der Waals surface area contributed by atoms with Crippen molar-refractivity contribution in [2.45, 2.75) is 64.4 Å². The number of rotatable bonds is 23. The number of aliphatic hydroxyl groups excluding tert-OH is 6. The summed E-state index contributed by atoms with van der Waals surface area (Å²) in [7, 11) is 0. The molecule has 0 radical (unpaired) electrons. The lowest BCUT2D eigenvalue weighted by Gasteiger charge is -2.32. The summed E-state index contributed by atoms with van der Waals surface area (Å²) in [6.45, 7) is 3.04. The summed E-state index contributed by atoms with van der Waals surface area (Å²) < 4.78 is 31.4. The van der Waals surface area contributed by atoms with Gasteiger partial charge in [0.15, 0.2) is 17.3 Å². The molecule has 4 atom stereocenters. The first-order valence-corrected chi connectivity index (χ1v) is 13.4. The molecule has 0 heterocycles. The summed E-state index contributed by atoms with van der Waals surface area (Å²) in [6.07, 6.45) is -1.41. The second-order valence-electron chi connectivity index (χ2n) is 8.55. The van der Waals surface area contributed by atoms with Gasteiger partial charge < -0.3 is 59.1 Å². The van der Waals surface area contributed by atoms with Gasteiger partial charge in [0.2, 0.25) is 0 Å². The standard InChI is InChI=1S/C27H44O15/c1-4-18(29)25(34)40-13-7-10-37-17-22(38-11-8-14-41-26(35)19(30)5-2)23(33)24(21(32)16-28)39-12-9-15-42-27(36)20(31)6-3/h4-6,21-24,28-33H,7-17H2,1-3H3. The quantitative estimate of drug-likeness (QED) is 0.0308. The topological polar surface area (TPSA) is 228 Å². The van der Waals surface area contributed by atoms with Crippen molar-refractivity contribution in [2.75, 3.05) is 52.9 Å². The first kappa shape index (κ1) is 38.8. The van der Waals surface area contributed by atoms with Crippen LogP contribution in [0.3, 0.4) is 0 Å². The lowest BCUT2D eigenvalue weighted by molar-refractivity contribution is -0.169. The van der Waals surface area contributed by atoms with E-state index in [1.807, 2.05) is 0 Å². The molecule has 0 aromatic heterocycles. The first-order chi connectivity index (χ1) is 20.0. The van der Waals surface area contributed by atoms with Crippen LogP contribution in [0.2, 0.25) is 0 Å². The van der Waals surface area contributed by atoms with Crippen molar-refractivity contribution in [2.24, 2.45) is 0 Å². The maximum Gasteiger partial charge on any atom is 0.373 e. The minimum absolute atomic E-state index is 0.0401. The second-order valence-corrected chi connectivity index (χ2v) is 8.55. The van der Waals surface area contributed by atoms with Gasteiger partial charge in [0.25, 0.3) is 0 Å². The predicted molar refractivity (Wildman–Crippen MR) is 145 cm³/mol. The Kier molecular flexibility index (Phi) is 21.6. The maximum absolute atomic E-state index is 11.5. The van der Waals surface area contributed by atoms with Crippen molar-refractivity contribution in [3.63, 3.8) is 0 Å². The molecule has 0 saturated carbocycles. The third kappa shape index (κ3) is 16.3. The molecule has 15 heteroatoms. The molecule has 15 nitrogen and oxygen atoms in total. The molecule has 0 fully saturated rings. The van der Waals surface area contributed by atoms with Crippen molar-refractivity contribution < 1.29 is 73.4 Å². The zero-order valence-electron chi connectivity index (χ0n) is 24.2. The van der Waals surface area contributed by atoms with Crippen LogP contribution in [0.5, 0.6) is 0 Å². The first-order valence-electron chi connectivity index (χ1n) is 13.4. The highest BCUT2D eigenvalue weighted by Gasteiger charge is 2.34. The summed E-state index contributed by atoms with van der Waals surface area (Å²) >= 11 is 0. The summed E-state index contributed by atoms with van der Waals surface area (Å²) in [5, 5.41) is 58.7. The molecule has 42 heavy (non-hydrogen) atoms. The molecule has 0 spiro atoms. The van der Waals surface area contributed by atoms with Gasteiger partial charge in [0.1, 0.15) is 24.4 Å². The highest BCUT2D eigenvalue weighted by Crippen LogP contribution is 2.14. The fourth-order valence-electron chi connectivity index (χ4n) is 3.00. The van der Waals surface area contributed by atoms with Crippen LogP contribution in [-0.2, 0) is 42.8 Å². The average molecular weight is 609 g/mol. The Morgan fingerprint density at radius 1 is 0.643 bits per heavy atom. The molecule has 0 bridgehead atoms. The van der Waals surface area contributed by atoms with E-state index in [9.17, 15) is 45.0 Å². The third-order valence-corrected chi connectivity index (χ3v) is 5.37. The zero-order chi connectivity index (χ0) is 31.9. The van der Waals surface area contributed by atoms with Gasteiger partial charge in [-0.05, 0) is 39.0 Å². The van der Waals surface area contributed by atoms with Crippen LogP contribution in [0.4, 0.5) is 0 Å². The number of ether oxygens (including phenoxy) is 6. The number of carbonyl (C=O) groups is 3. The van der Waals surface area contributed by atoms with E-state index in [0.29, 0.717) is 0 Å². The van der Waals surface area contributed by atoms with Crippen molar-refractivity contribution in [3.8, 4) is 0 Å².